The summed E-state index contributed by atoms with van der Waals surface area (Å²) in [7, 11) is 0. The van der Waals surface area contributed by atoms with E-state index in [2.05, 4.69) is 10.6 Å². The Kier molecular flexibility index (Phi) is 5.89. The van der Waals surface area contributed by atoms with Crippen molar-refractivity contribution in [3.05, 3.63) is 35.4 Å². The van der Waals surface area contributed by atoms with Crippen LogP contribution in [0, 0.1) is 17.6 Å². The molecule has 0 aliphatic heterocycles. The van der Waals surface area contributed by atoms with Gasteiger partial charge in [0, 0.05) is 18.7 Å². The minimum Gasteiger partial charge on any atom is -0.355 e. The van der Waals surface area contributed by atoms with E-state index in [0.29, 0.717) is 18.0 Å². The van der Waals surface area contributed by atoms with E-state index in [4.69, 9.17) is 0 Å². The first-order valence-corrected chi connectivity index (χ1v) is 6.34. The number of carbonyl (C=O) groups is 1. The van der Waals surface area contributed by atoms with Crippen LogP contribution in [0.2, 0.25) is 0 Å². The molecule has 0 aliphatic carbocycles. The molecule has 1 amide bonds. The molecule has 3 nitrogen and oxygen atoms in total. The fourth-order valence-corrected chi connectivity index (χ4v) is 1.57. The van der Waals surface area contributed by atoms with Crippen molar-refractivity contribution in [3.63, 3.8) is 0 Å². The number of hydrogen-bond acceptors (Lipinski definition) is 2. The van der Waals surface area contributed by atoms with Crippen LogP contribution in [-0.4, -0.2) is 19.0 Å². The number of rotatable bonds is 6. The van der Waals surface area contributed by atoms with Crippen LogP contribution >= 0.6 is 0 Å². The first kappa shape index (κ1) is 15.6. The van der Waals surface area contributed by atoms with Crippen molar-refractivity contribution < 1.29 is 13.6 Å². The third kappa shape index (κ3) is 5.79. The van der Waals surface area contributed by atoms with E-state index in [1.165, 1.54) is 12.1 Å². The van der Waals surface area contributed by atoms with Gasteiger partial charge >= 0.3 is 0 Å². The van der Waals surface area contributed by atoms with E-state index in [1.54, 1.807) is 6.92 Å². The third-order valence-electron chi connectivity index (χ3n) is 2.66. The molecule has 0 radical (unpaired) electrons. The molecule has 0 aliphatic rings. The fraction of sp³-hybridized carbons (Fsp3) is 0.500. The lowest BCUT2D eigenvalue weighted by atomic mass is 10.1. The molecule has 0 fully saturated rings. The van der Waals surface area contributed by atoms with Gasteiger partial charge < -0.3 is 10.6 Å². The van der Waals surface area contributed by atoms with Crippen molar-refractivity contribution in [1.82, 2.24) is 10.6 Å². The highest BCUT2D eigenvalue weighted by molar-refractivity contribution is 5.78. The van der Waals surface area contributed by atoms with E-state index in [-0.39, 0.29) is 18.5 Å². The molecule has 1 unspecified atom stereocenters. The van der Waals surface area contributed by atoms with Crippen LogP contribution in [0.25, 0.3) is 0 Å². The van der Waals surface area contributed by atoms with Gasteiger partial charge in [0.2, 0.25) is 5.91 Å². The van der Waals surface area contributed by atoms with Gasteiger partial charge in [-0.3, -0.25) is 4.79 Å². The maximum absolute atomic E-state index is 13.0. The molecule has 1 atom stereocenters. The van der Waals surface area contributed by atoms with Crippen LogP contribution in [0.1, 0.15) is 32.4 Å². The average Bonchev–Trinajstić information content (AvgIpc) is 2.32. The molecule has 2 N–H and O–H groups in total. The van der Waals surface area contributed by atoms with Crippen molar-refractivity contribution in [2.45, 2.75) is 26.8 Å². The third-order valence-corrected chi connectivity index (χ3v) is 2.66. The summed E-state index contributed by atoms with van der Waals surface area (Å²) in [6.45, 7) is 6.50. The summed E-state index contributed by atoms with van der Waals surface area (Å²) in [5.41, 5.74) is 0.481. The summed E-state index contributed by atoms with van der Waals surface area (Å²) >= 11 is 0. The van der Waals surface area contributed by atoms with Crippen LogP contribution in [-0.2, 0) is 4.79 Å². The van der Waals surface area contributed by atoms with Gasteiger partial charge in [0.25, 0.3) is 0 Å². The highest BCUT2D eigenvalue weighted by atomic mass is 19.1. The molecule has 0 saturated heterocycles. The Hall–Kier alpha value is -1.49. The smallest absolute Gasteiger partial charge is 0.233 e. The van der Waals surface area contributed by atoms with E-state index < -0.39 is 11.6 Å². The summed E-state index contributed by atoms with van der Waals surface area (Å²) in [5, 5.41) is 5.69. The van der Waals surface area contributed by atoms with Crippen LogP contribution in [0.5, 0.6) is 0 Å². The maximum Gasteiger partial charge on any atom is 0.233 e. The van der Waals surface area contributed by atoms with E-state index in [0.717, 1.165) is 6.07 Å². The van der Waals surface area contributed by atoms with Gasteiger partial charge in [-0.25, -0.2) is 8.78 Å². The van der Waals surface area contributed by atoms with Crippen molar-refractivity contribution in [2.24, 2.45) is 5.92 Å². The SMILES string of the molecule is CC(C)CNC(=O)CNC(C)c1cc(F)cc(F)c1. The number of benzene rings is 1. The normalized spacial score (nSPS) is 12.5. The molecule has 19 heavy (non-hydrogen) atoms. The van der Waals surface area contributed by atoms with Gasteiger partial charge in [0.1, 0.15) is 11.6 Å². The highest BCUT2D eigenvalue weighted by Crippen LogP contribution is 2.15. The molecule has 0 heterocycles. The molecule has 106 valence electrons. The lowest BCUT2D eigenvalue weighted by Gasteiger charge is -2.15. The first-order chi connectivity index (χ1) is 8.88. The van der Waals surface area contributed by atoms with Gasteiger partial charge in [-0.1, -0.05) is 13.8 Å². The number of halogens is 2. The number of amides is 1. The molecule has 0 aromatic heterocycles. The Morgan fingerprint density at radius 3 is 2.26 bits per heavy atom. The topological polar surface area (TPSA) is 41.1 Å². The summed E-state index contributed by atoms with van der Waals surface area (Å²) in [6, 6.07) is 3.04. The minimum atomic E-state index is -0.618. The lowest BCUT2D eigenvalue weighted by molar-refractivity contribution is -0.120. The van der Waals surface area contributed by atoms with Crippen LogP contribution in [0.4, 0.5) is 8.78 Å². The summed E-state index contributed by atoms with van der Waals surface area (Å²) in [4.78, 5) is 11.5. The maximum atomic E-state index is 13.0. The zero-order valence-electron chi connectivity index (χ0n) is 11.5. The Morgan fingerprint density at radius 2 is 1.74 bits per heavy atom. The standard InChI is InChI=1S/C14H20F2N2O/c1-9(2)7-18-14(19)8-17-10(3)11-4-12(15)6-13(16)5-11/h4-6,9-10,17H,7-8H2,1-3H3,(H,18,19). The molecular weight excluding hydrogens is 250 g/mol. The van der Waals surface area contributed by atoms with E-state index in [9.17, 15) is 13.6 Å². The number of hydrogen-bond donors (Lipinski definition) is 2. The highest BCUT2D eigenvalue weighted by Gasteiger charge is 2.10. The second-order valence-corrected chi connectivity index (χ2v) is 5.00. The zero-order chi connectivity index (χ0) is 14.4. The van der Waals surface area contributed by atoms with Crippen molar-refractivity contribution in [2.75, 3.05) is 13.1 Å². The van der Waals surface area contributed by atoms with Gasteiger partial charge in [0.05, 0.1) is 6.54 Å². The zero-order valence-corrected chi connectivity index (χ0v) is 11.5. The van der Waals surface area contributed by atoms with Gasteiger partial charge in [0.15, 0.2) is 0 Å². The molecule has 1 aromatic carbocycles. The summed E-state index contributed by atoms with van der Waals surface area (Å²) in [6.07, 6.45) is 0. The quantitative estimate of drug-likeness (QED) is 0.833. The summed E-state index contributed by atoms with van der Waals surface area (Å²) < 4.78 is 26.1. The second-order valence-electron chi connectivity index (χ2n) is 5.00. The Bertz CT molecular complexity index is 415. The summed E-state index contributed by atoms with van der Waals surface area (Å²) in [5.74, 6) is -0.975. The minimum absolute atomic E-state index is 0.117. The van der Waals surface area contributed by atoms with E-state index in [1.807, 2.05) is 13.8 Å². The average molecular weight is 270 g/mol. The Morgan fingerprint density at radius 1 is 1.16 bits per heavy atom. The predicted octanol–water partition coefficient (Wildman–Crippen LogP) is 2.39. The van der Waals surface area contributed by atoms with Crippen molar-refractivity contribution in [3.8, 4) is 0 Å². The van der Waals surface area contributed by atoms with Crippen molar-refractivity contribution in [1.29, 1.82) is 0 Å². The van der Waals surface area contributed by atoms with Gasteiger partial charge in [-0.2, -0.15) is 0 Å². The Balaban J connectivity index is 2.46. The molecule has 0 saturated carbocycles. The van der Waals surface area contributed by atoms with Crippen molar-refractivity contribution >= 4 is 5.91 Å². The Labute approximate surface area is 112 Å². The largest absolute Gasteiger partial charge is 0.355 e. The monoisotopic (exact) mass is 270 g/mol. The molecule has 1 rings (SSSR count). The molecule has 1 aromatic rings. The van der Waals surface area contributed by atoms with Gasteiger partial charge in [-0.05, 0) is 30.5 Å². The molecule has 0 bridgehead atoms. The predicted molar refractivity (Wildman–Crippen MR) is 70.6 cm³/mol. The molecule has 5 heteroatoms. The van der Waals surface area contributed by atoms with Gasteiger partial charge in [-0.15, -0.1) is 0 Å². The van der Waals surface area contributed by atoms with E-state index >= 15 is 0 Å². The molecular formula is C14H20F2N2O. The molecule has 0 spiro atoms. The number of nitrogens with one attached hydrogen (secondary N) is 2. The van der Waals surface area contributed by atoms with Crippen LogP contribution in [0.15, 0.2) is 18.2 Å². The first-order valence-electron chi connectivity index (χ1n) is 6.34. The van der Waals surface area contributed by atoms with Crippen LogP contribution < -0.4 is 10.6 Å². The number of carbonyl (C=O) groups excluding carboxylic acids is 1. The second kappa shape index (κ2) is 7.19. The van der Waals surface area contributed by atoms with Crippen LogP contribution in [0.3, 0.4) is 0 Å². The fourth-order valence-electron chi connectivity index (χ4n) is 1.57. The lowest BCUT2D eigenvalue weighted by Crippen LogP contribution is -2.36.